The van der Waals surface area contributed by atoms with Crippen molar-refractivity contribution in [3.05, 3.63) is 53.7 Å². The van der Waals surface area contributed by atoms with E-state index in [-0.39, 0.29) is 11.9 Å². The Morgan fingerprint density at radius 2 is 2.07 bits per heavy atom. The highest BCUT2D eigenvalue weighted by molar-refractivity contribution is 5.98. The first-order chi connectivity index (χ1) is 13.6. The number of carbonyl (C=O) groups excluding carboxylic acids is 1. The second-order valence-corrected chi connectivity index (χ2v) is 6.94. The number of benzene rings is 1. The van der Waals surface area contributed by atoms with E-state index in [9.17, 15) is 4.79 Å². The fraction of sp³-hybridized carbons (Fsp3) is 0.429. The molecule has 2 heterocycles. The molecule has 0 aliphatic carbocycles. The number of aromatic nitrogens is 1. The number of methoxy groups -OCH3 is 1. The summed E-state index contributed by atoms with van der Waals surface area (Å²) < 4.78 is 10.7. The highest BCUT2D eigenvalue weighted by Crippen LogP contribution is 2.23. The van der Waals surface area contributed by atoms with Gasteiger partial charge in [-0.25, -0.2) is 4.98 Å². The van der Waals surface area contributed by atoms with Crippen molar-refractivity contribution < 1.29 is 14.3 Å². The first-order valence-electron chi connectivity index (χ1n) is 9.46. The van der Waals surface area contributed by atoms with Crippen LogP contribution in [0.1, 0.15) is 22.0 Å². The molecule has 150 valence electrons. The van der Waals surface area contributed by atoms with Crippen LogP contribution in [0.15, 0.2) is 42.6 Å². The number of morpholine rings is 1. The third-order valence-corrected chi connectivity index (χ3v) is 4.90. The van der Waals surface area contributed by atoms with Crippen LogP contribution in [0.3, 0.4) is 0 Å². The van der Waals surface area contributed by atoms with Crippen molar-refractivity contribution in [2.75, 3.05) is 59.0 Å². The van der Waals surface area contributed by atoms with Gasteiger partial charge in [-0.3, -0.25) is 4.79 Å². The van der Waals surface area contributed by atoms with Gasteiger partial charge in [-0.1, -0.05) is 12.1 Å². The second kappa shape index (κ2) is 9.52. The Morgan fingerprint density at radius 3 is 2.79 bits per heavy atom. The molecule has 3 rings (SSSR count). The summed E-state index contributed by atoms with van der Waals surface area (Å²) in [5.41, 5.74) is 1.68. The number of nitrogens with one attached hydrogen (secondary N) is 1. The summed E-state index contributed by atoms with van der Waals surface area (Å²) in [5, 5.41) is 3.08. The predicted octanol–water partition coefficient (Wildman–Crippen LogP) is 1.96. The van der Waals surface area contributed by atoms with Crippen molar-refractivity contribution in [2.24, 2.45) is 0 Å². The Kier molecular flexibility index (Phi) is 6.84. The fourth-order valence-corrected chi connectivity index (χ4v) is 3.33. The normalized spacial score (nSPS) is 15.4. The van der Waals surface area contributed by atoms with E-state index >= 15 is 0 Å². The first kappa shape index (κ1) is 20.1. The molecule has 2 aromatic rings. The third kappa shape index (κ3) is 4.79. The molecule has 1 aliphatic rings. The first-order valence-corrected chi connectivity index (χ1v) is 9.46. The number of likely N-dealkylation sites (N-methyl/N-ethyl adjacent to an activating group) is 1. The number of hydrogen-bond donors (Lipinski definition) is 1. The molecule has 1 amide bonds. The van der Waals surface area contributed by atoms with Crippen molar-refractivity contribution >= 4 is 11.7 Å². The zero-order valence-corrected chi connectivity index (χ0v) is 16.7. The van der Waals surface area contributed by atoms with Gasteiger partial charge in [-0.15, -0.1) is 0 Å². The Bertz CT molecular complexity index is 791. The van der Waals surface area contributed by atoms with Crippen molar-refractivity contribution in [2.45, 2.75) is 6.04 Å². The molecule has 0 bridgehead atoms. The zero-order valence-electron chi connectivity index (χ0n) is 16.7. The molecule has 0 saturated carbocycles. The number of ether oxygens (including phenoxy) is 2. The highest BCUT2D eigenvalue weighted by atomic mass is 16.5. The van der Waals surface area contributed by atoms with Gasteiger partial charge >= 0.3 is 0 Å². The van der Waals surface area contributed by atoms with Gasteiger partial charge in [0.25, 0.3) is 5.91 Å². The Morgan fingerprint density at radius 1 is 1.29 bits per heavy atom. The molecule has 1 atom stereocenters. The fourth-order valence-electron chi connectivity index (χ4n) is 3.33. The standard InChI is InChI=1S/C21H28N4O3/c1-24(2)19(16-6-4-7-17(14-16)27-3)15-23-21(26)18-8-5-9-22-20(18)25-10-12-28-13-11-25/h4-9,14,19H,10-13,15H2,1-3H3,(H,23,26). The molecular weight excluding hydrogens is 356 g/mol. The van der Waals surface area contributed by atoms with E-state index in [1.54, 1.807) is 19.4 Å². The van der Waals surface area contributed by atoms with Crippen LogP contribution in [-0.4, -0.2) is 69.8 Å². The lowest BCUT2D eigenvalue weighted by atomic mass is 10.1. The molecule has 1 N–H and O–H groups in total. The number of nitrogens with zero attached hydrogens (tertiary/aromatic N) is 3. The largest absolute Gasteiger partial charge is 0.497 e. The van der Waals surface area contributed by atoms with E-state index in [4.69, 9.17) is 9.47 Å². The maximum atomic E-state index is 12.9. The molecular formula is C21H28N4O3. The lowest BCUT2D eigenvalue weighted by molar-refractivity contribution is 0.0940. The van der Waals surface area contributed by atoms with Crippen LogP contribution in [0.5, 0.6) is 5.75 Å². The van der Waals surface area contributed by atoms with Crippen LogP contribution in [0, 0.1) is 0 Å². The SMILES string of the molecule is COc1cccc(C(CNC(=O)c2cccnc2N2CCOCC2)N(C)C)c1. The van der Waals surface area contributed by atoms with Crippen LogP contribution in [0.4, 0.5) is 5.82 Å². The molecule has 0 spiro atoms. The van der Waals surface area contributed by atoms with Crippen molar-refractivity contribution in [1.82, 2.24) is 15.2 Å². The summed E-state index contributed by atoms with van der Waals surface area (Å²) >= 11 is 0. The minimum Gasteiger partial charge on any atom is -0.497 e. The van der Waals surface area contributed by atoms with E-state index in [1.807, 2.05) is 44.4 Å². The summed E-state index contributed by atoms with van der Waals surface area (Å²) in [6, 6.07) is 11.6. The van der Waals surface area contributed by atoms with Crippen LogP contribution in [0.25, 0.3) is 0 Å². The van der Waals surface area contributed by atoms with Crippen molar-refractivity contribution in [1.29, 1.82) is 0 Å². The number of amides is 1. The number of carbonyl (C=O) groups is 1. The van der Waals surface area contributed by atoms with Crippen molar-refractivity contribution in [3.63, 3.8) is 0 Å². The topological polar surface area (TPSA) is 66.9 Å². The van der Waals surface area contributed by atoms with E-state index in [1.165, 1.54) is 0 Å². The van der Waals surface area contributed by atoms with E-state index in [0.717, 1.165) is 24.4 Å². The van der Waals surface area contributed by atoms with Gasteiger partial charge in [0, 0.05) is 25.8 Å². The molecule has 0 radical (unpaired) electrons. The van der Waals surface area contributed by atoms with Crippen LogP contribution < -0.4 is 15.0 Å². The van der Waals surface area contributed by atoms with E-state index in [0.29, 0.717) is 31.1 Å². The Labute approximate surface area is 166 Å². The van der Waals surface area contributed by atoms with Gasteiger partial charge in [0.2, 0.25) is 0 Å². The van der Waals surface area contributed by atoms with Gasteiger partial charge in [-0.2, -0.15) is 0 Å². The lowest BCUT2D eigenvalue weighted by Gasteiger charge is -2.29. The minimum absolute atomic E-state index is 0.0301. The van der Waals surface area contributed by atoms with Gasteiger partial charge in [-0.05, 0) is 43.9 Å². The number of anilines is 1. The maximum Gasteiger partial charge on any atom is 0.255 e. The van der Waals surface area contributed by atoms with E-state index in [2.05, 4.69) is 20.1 Å². The Hall–Kier alpha value is -2.64. The minimum atomic E-state index is -0.121. The smallest absolute Gasteiger partial charge is 0.255 e. The summed E-state index contributed by atoms with van der Waals surface area (Å²) in [7, 11) is 5.65. The number of pyridine rings is 1. The molecule has 1 unspecified atom stereocenters. The summed E-state index contributed by atoms with van der Waals surface area (Å²) in [4.78, 5) is 21.6. The van der Waals surface area contributed by atoms with Gasteiger partial charge in [0.05, 0.1) is 31.9 Å². The average Bonchev–Trinajstić information content (AvgIpc) is 2.74. The summed E-state index contributed by atoms with van der Waals surface area (Å²) in [6.45, 7) is 3.26. The number of hydrogen-bond acceptors (Lipinski definition) is 6. The molecule has 1 aliphatic heterocycles. The lowest BCUT2D eigenvalue weighted by Crippen LogP contribution is -2.39. The second-order valence-electron chi connectivity index (χ2n) is 6.94. The highest BCUT2D eigenvalue weighted by Gasteiger charge is 2.21. The molecule has 1 fully saturated rings. The van der Waals surface area contributed by atoms with Crippen LogP contribution in [0.2, 0.25) is 0 Å². The molecule has 1 aromatic heterocycles. The van der Waals surface area contributed by atoms with Gasteiger partial charge < -0.3 is 24.6 Å². The molecule has 28 heavy (non-hydrogen) atoms. The molecule has 1 saturated heterocycles. The summed E-state index contributed by atoms with van der Waals surface area (Å²) in [6.07, 6.45) is 1.72. The Balaban J connectivity index is 1.73. The van der Waals surface area contributed by atoms with Crippen LogP contribution in [-0.2, 0) is 4.74 Å². The summed E-state index contributed by atoms with van der Waals surface area (Å²) in [5.74, 6) is 1.40. The maximum absolute atomic E-state index is 12.9. The third-order valence-electron chi connectivity index (χ3n) is 4.90. The predicted molar refractivity (Wildman–Crippen MR) is 109 cm³/mol. The van der Waals surface area contributed by atoms with Gasteiger partial charge in [0.15, 0.2) is 0 Å². The zero-order chi connectivity index (χ0) is 19.9. The monoisotopic (exact) mass is 384 g/mol. The number of rotatable bonds is 7. The van der Waals surface area contributed by atoms with Crippen LogP contribution >= 0.6 is 0 Å². The molecule has 7 nitrogen and oxygen atoms in total. The molecule has 7 heteroatoms. The van der Waals surface area contributed by atoms with E-state index < -0.39 is 0 Å². The molecule has 1 aromatic carbocycles. The quantitative estimate of drug-likeness (QED) is 0.787. The van der Waals surface area contributed by atoms with Crippen molar-refractivity contribution in [3.8, 4) is 5.75 Å². The average molecular weight is 384 g/mol. The van der Waals surface area contributed by atoms with Gasteiger partial charge in [0.1, 0.15) is 11.6 Å².